The second kappa shape index (κ2) is 6.08. The van der Waals surface area contributed by atoms with E-state index in [0.717, 1.165) is 6.07 Å². The molecule has 0 aromatic heterocycles. The highest BCUT2D eigenvalue weighted by molar-refractivity contribution is 6.31. The second-order valence-electron chi connectivity index (χ2n) is 4.54. The van der Waals surface area contributed by atoms with Crippen LogP contribution in [0.2, 0.25) is 10.0 Å². The summed E-state index contributed by atoms with van der Waals surface area (Å²) in [5.74, 6) is -0.943. The molecule has 0 saturated heterocycles. The summed E-state index contributed by atoms with van der Waals surface area (Å²) in [6, 6.07) is 6.90. The zero-order valence-corrected chi connectivity index (χ0v) is 12.1. The van der Waals surface area contributed by atoms with Crippen LogP contribution in [0.15, 0.2) is 30.3 Å². The molecule has 1 N–H and O–H groups in total. The molecular weight excluding hydrogens is 305 g/mol. The zero-order chi connectivity index (χ0) is 14.9. The van der Waals surface area contributed by atoms with Gasteiger partial charge in [0.05, 0.1) is 6.10 Å². The smallest absolute Gasteiger partial charge is 0.127 e. The summed E-state index contributed by atoms with van der Waals surface area (Å²) in [5.41, 5.74) is 0.924. The van der Waals surface area contributed by atoms with Gasteiger partial charge in [-0.25, -0.2) is 8.78 Å². The van der Waals surface area contributed by atoms with Crippen molar-refractivity contribution in [2.24, 2.45) is 0 Å². The molecule has 1 nitrogen and oxygen atoms in total. The van der Waals surface area contributed by atoms with Crippen LogP contribution in [0, 0.1) is 18.6 Å². The number of halogens is 4. The van der Waals surface area contributed by atoms with E-state index < -0.39 is 17.7 Å². The minimum atomic E-state index is -1.06. The van der Waals surface area contributed by atoms with E-state index in [4.69, 9.17) is 23.2 Å². The molecule has 1 atom stereocenters. The van der Waals surface area contributed by atoms with Gasteiger partial charge < -0.3 is 5.11 Å². The Morgan fingerprint density at radius 1 is 1.10 bits per heavy atom. The van der Waals surface area contributed by atoms with E-state index in [-0.39, 0.29) is 22.0 Å². The van der Waals surface area contributed by atoms with E-state index in [1.54, 1.807) is 13.0 Å². The number of hydrogen-bond donors (Lipinski definition) is 1. The summed E-state index contributed by atoms with van der Waals surface area (Å²) < 4.78 is 27.0. The van der Waals surface area contributed by atoms with Gasteiger partial charge in [-0.3, -0.25) is 0 Å². The first-order chi connectivity index (χ1) is 9.40. The van der Waals surface area contributed by atoms with Crippen molar-refractivity contribution >= 4 is 23.2 Å². The lowest BCUT2D eigenvalue weighted by Gasteiger charge is -2.15. The highest BCUT2D eigenvalue weighted by atomic mass is 35.5. The van der Waals surface area contributed by atoms with Crippen LogP contribution in [-0.2, 0) is 6.42 Å². The molecule has 0 radical (unpaired) electrons. The third-order valence-corrected chi connectivity index (χ3v) is 3.78. The maximum Gasteiger partial charge on any atom is 0.127 e. The SMILES string of the molecule is Cc1cc(C(O)Cc2c(F)cccc2Cl)c(Cl)cc1F. The molecule has 2 aromatic carbocycles. The minimum Gasteiger partial charge on any atom is -0.388 e. The molecule has 2 aromatic rings. The van der Waals surface area contributed by atoms with E-state index >= 15 is 0 Å². The fourth-order valence-corrected chi connectivity index (χ4v) is 2.48. The number of aryl methyl sites for hydroxylation is 1. The first-order valence-electron chi connectivity index (χ1n) is 5.96. The van der Waals surface area contributed by atoms with Crippen LogP contribution in [0.3, 0.4) is 0 Å². The van der Waals surface area contributed by atoms with Gasteiger partial charge in [0, 0.05) is 22.0 Å². The van der Waals surface area contributed by atoms with E-state index in [2.05, 4.69) is 0 Å². The largest absolute Gasteiger partial charge is 0.388 e. The summed E-state index contributed by atoms with van der Waals surface area (Å²) in [6.07, 6.45) is -1.09. The molecule has 20 heavy (non-hydrogen) atoms. The number of aliphatic hydroxyl groups is 1. The molecule has 0 aliphatic rings. The van der Waals surface area contributed by atoms with Gasteiger partial charge in [-0.05, 0) is 42.3 Å². The average molecular weight is 317 g/mol. The molecule has 2 rings (SSSR count). The van der Waals surface area contributed by atoms with Crippen LogP contribution in [0.5, 0.6) is 0 Å². The maximum absolute atomic E-state index is 13.7. The highest BCUT2D eigenvalue weighted by Crippen LogP contribution is 2.30. The lowest BCUT2D eigenvalue weighted by atomic mass is 9.99. The fourth-order valence-electron chi connectivity index (χ4n) is 1.97. The van der Waals surface area contributed by atoms with Crippen LogP contribution < -0.4 is 0 Å². The number of hydrogen-bond acceptors (Lipinski definition) is 1. The lowest BCUT2D eigenvalue weighted by Crippen LogP contribution is -2.06. The van der Waals surface area contributed by atoms with Crippen LogP contribution in [0.4, 0.5) is 8.78 Å². The predicted octanol–water partition coefficient (Wildman–Crippen LogP) is 4.86. The normalized spacial score (nSPS) is 12.5. The summed E-state index contributed by atoms with van der Waals surface area (Å²) >= 11 is 11.8. The van der Waals surface area contributed by atoms with Crippen molar-refractivity contribution in [2.45, 2.75) is 19.4 Å². The highest BCUT2D eigenvalue weighted by Gasteiger charge is 2.18. The number of rotatable bonds is 3. The molecule has 0 aliphatic heterocycles. The third-order valence-electron chi connectivity index (χ3n) is 3.10. The third kappa shape index (κ3) is 3.11. The van der Waals surface area contributed by atoms with Crippen molar-refractivity contribution in [3.8, 4) is 0 Å². The van der Waals surface area contributed by atoms with Crippen LogP contribution in [0.25, 0.3) is 0 Å². The van der Waals surface area contributed by atoms with Gasteiger partial charge in [0.2, 0.25) is 0 Å². The van der Waals surface area contributed by atoms with Gasteiger partial charge in [0.25, 0.3) is 0 Å². The summed E-state index contributed by atoms with van der Waals surface area (Å²) in [4.78, 5) is 0. The molecule has 106 valence electrons. The van der Waals surface area contributed by atoms with Crippen LogP contribution >= 0.6 is 23.2 Å². The Labute approximate surface area is 125 Å². The monoisotopic (exact) mass is 316 g/mol. The topological polar surface area (TPSA) is 20.2 Å². The summed E-state index contributed by atoms with van der Waals surface area (Å²) in [6.45, 7) is 1.57. The molecule has 0 spiro atoms. The van der Waals surface area contributed by atoms with Crippen LogP contribution in [0.1, 0.15) is 22.8 Å². The molecule has 0 fully saturated rings. The van der Waals surface area contributed by atoms with Crippen molar-refractivity contribution in [1.29, 1.82) is 0 Å². The number of aliphatic hydroxyl groups excluding tert-OH is 1. The van der Waals surface area contributed by atoms with Gasteiger partial charge in [0.1, 0.15) is 11.6 Å². The lowest BCUT2D eigenvalue weighted by molar-refractivity contribution is 0.177. The average Bonchev–Trinajstić information content (AvgIpc) is 2.38. The van der Waals surface area contributed by atoms with Gasteiger partial charge in [0.15, 0.2) is 0 Å². The van der Waals surface area contributed by atoms with E-state index in [9.17, 15) is 13.9 Å². The van der Waals surface area contributed by atoms with Gasteiger partial charge in [-0.1, -0.05) is 29.3 Å². The molecule has 0 bridgehead atoms. The van der Waals surface area contributed by atoms with Gasteiger partial charge in [-0.15, -0.1) is 0 Å². The summed E-state index contributed by atoms with van der Waals surface area (Å²) in [7, 11) is 0. The molecule has 5 heteroatoms. The van der Waals surface area contributed by atoms with Crippen molar-refractivity contribution < 1.29 is 13.9 Å². The fraction of sp³-hybridized carbons (Fsp3) is 0.200. The Balaban J connectivity index is 2.33. The van der Waals surface area contributed by atoms with Crippen molar-refractivity contribution in [2.75, 3.05) is 0 Å². The maximum atomic E-state index is 13.7. The van der Waals surface area contributed by atoms with E-state index in [1.807, 2.05) is 0 Å². The Morgan fingerprint density at radius 2 is 1.80 bits per heavy atom. The number of benzene rings is 2. The Morgan fingerprint density at radius 3 is 2.45 bits per heavy atom. The van der Waals surface area contributed by atoms with Gasteiger partial charge in [-0.2, -0.15) is 0 Å². The second-order valence-corrected chi connectivity index (χ2v) is 5.36. The standard InChI is InChI=1S/C15H12Cl2F2O/c1-8-5-10(12(17)7-14(8)19)15(20)6-9-11(16)3-2-4-13(9)18/h2-5,7,15,20H,6H2,1H3. The van der Waals surface area contributed by atoms with Crippen LogP contribution in [-0.4, -0.2) is 5.11 Å². The van der Waals surface area contributed by atoms with Gasteiger partial charge >= 0.3 is 0 Å². The minimum absolute atomic E-state index is 0.0314. The Hall–Kier alpha value is -1.16. The Kier molecular flexibility index (Phi) is 4.63. The summed E-state index contributed by atoms with van der Waals surface area (Å²) in [5, 5.41) is 10.5. The first-order valence-corrected chi connectivity index (χ1v) is 6.72. The van der Waals surface area contributed by atoms with E-state index in [1.165, 1.54) is 18.2 Å². The predicted molar refractivity (Wildman–Crippen MR) is 76.2 cm³/mol. The van der Waals surface area contributed by atoms with Crippen molar-refractivity contribution in [3.05, 3.63) is 68.7 Å². The molecule has 0 aliphatic carbocycles. The first kappa shape index (κ1) is 15.2. The molecule has 0 saturated carbocycles. The Bertz CT molecular complexity index is 624. The van der Waals surface area contributed by atoms with E-state index in [0.29, 0.717) is 11.1 Å². The molecule has 0 amide bonds. The molecular formula is C15H12Cl2F2O. The van der Waals surface area contributed by atoms with Crippen molar-refractivity contribution in [3.63, 3.8) is 0 Å². The molecule has 0 heterocycles. The molecule has 1 unspecified atom stereocenters. The zero-order valence-electron chi connectivity index (χ0n) is 10.6. The quantitative estimate of drug-likeness (QED) is 0.857. The van der Waals surface area contributed by atoms with Crippen molar-refractivity contribution in [1.82, 2.24) is 0 Å².